The van der Waals surface area contributed by atoms with Crippen LogP contribution < -0.4 is 5.32 Å². The van der Waals surface area contributed by atoms with Crippen LogP contribution in [0.3, 0.4) is 0 Å². The van der Waals surface area contributed by atoms with Crippen LogP contribution in [0, 0.1) is 0 Å². The summed E-state index contributed by atoms with van der Waals surface area (Å²) in [7, 11) is 0. The molecule has 0 amide bonds. The van der Waals surface area contributed by atoms with Gasteiger partial charge in [-0.25, -0.2) is 4.98 Å². The molecule has 19 heavy (non-hydrogen) atoms. The summed E-state index contributed by atoms with van der Waals surface area (Å²) in [5.41, 5.74) is 1.13. The van der Waals surface area contributed by atoms with Gasteiger partial charge >= 0.3 is 0 Å². The van der Waals surface area contributed by atoms with E-state index < -0.39 is 0 Å². The molecule has 0 aromatic carbocycles. The molecule has 0 aliphatic carbocycles. The first-order valence-electron chi connectivity index (χ1n) is 7.00. The lowest BCUT2D eigenvalue weighted by Crippen LogP contribution is -2.42. The van der Waals surface area contributed by atoms with Gasteiger partial charge in [0.05, 0.1) is 11.8 Å². The zero-order chi connectivity index (χ0) is 13.7. The Morgan fingerprint density at radius 1 is 1.47 bits per heavy atom. The Bertz CT molecular complexity index is 465. The molecule has 2 rings (SSSR count). The molecule has 2 aromatic rings. The Morgan fingerprint density at radius 2 is 2.32 bits per heavy atom. The van der Waals surface area contributed by atoms with E-state index in [2.05, 4.69) is 46.3 Å². The van der Waals surface area contributed by atoms with Crippen LogP contribution in [0.5, 0.6) is 0 Å². The third-order valence-electron chi connectivity index (χ3n) is 3.22. The minimum atomic E-state index is 0.205. The average Bonchev–Trinajstić information content (AvgIpc) is 2.95. The largest absolute Gasteiger partial charge is 0.377 e. The first kappa shape index (κ1) is 14.5. The fourth-order valence-corrected chi connectivity index (χ4v) is 2.93. The van der Waals surface area contributed by atoms with Gasteiger partial charge in [-0.15, -0.1) is 11.3 Å². The molecule has 2 atom stereocenters. The van der Waals surface area contributed by atoms with Crippen LogP contribution in [-0.4, -0.2) is 34.7 Å². The molecule has 2 heterocycles. The molecular formula is C14H23N3OS. The molecule has 0 bridgehead atoms. The van der Waals surface area contributed by atoms with Gasteiger partial charge in [0.1, 0.15) is 0 Å². The fraction of sp³-hybridized carbons (Fsp3) is 0.643. The van der Waals surface area contributed by atoms with Gasteiger partial charge in [-0.1, -0.05) is 6.92 Å². The summed E-state index contributed by atoms with van der Waals surface area (Å²) in [6.45, 7) is 8.13. The van der Waals surface area contributed by atoms with Gasteiger partial charge < -0.3 is 10.1 Å². The Labute approximate surface area is 118 Å². The third kappa shape index (κ3) is 3.78. The summed E-state index contributed by atoms with van der Waals surface area (Å²) in [5.74, 6) is 0. The van der Waals surface area contributed by atoms with Crippen molar-refractivity contribution in [2.45, 2.75) is 45.8 Å². The van der Waals surface area contributed by atoms with Crippen molar-refractivity contribution in [3.63, 3.8) is 0 Å². The predicted octanol–water partition coefficient (Wildman–Crippen LogP) is 2.73. The normalized spacial score (nSPS) is 14.9. The second-order valence-corrected chi connectivity index (χ2v) is 5.62. The number of thiazole rings is 1. The fourth-order valence-electron chi connectivity index (χ4n) is 2.21. The molecule has 0 fully saturated rings. The van der Waals surface area contributed by atoms with E-state index in [0.717, 1.165) is 36.6 Å². The van der Waals surface area contributed by atoms with Crippen LogP contribution in [0.25, 0.3) is 4.96 Å². The zero-order valence-corrected chi connectivity index (χ0v) is 12.7. The minimum absolute atomic E-state index is 0.205. The number of imidazole rings is 1. The minimum Gasteiger partial charge on any atom is -0.377 e. The van der Waals surface area contributed by atoms with Crippen molar-refractivity contribution >= 4 is 16.3 Å². The first-order chi connectivity index (χ1) is 9.24. The number of nitrogens with one attached hydrogen (secondary N) is 1. The number of rotatable bonds is 8. The van der Waals surface area contributed by atoms with Gasteiger partial charge in [-0.3, -0.25) is 4.40 Å². The summed E-state index contributed by atoms with van der Waals surface area (Å²) in [4.78, 5) is 5.71. The summed E-state index contributed by atoms with van der Waals surface area (Å²) in [6, 6.07) is 0.324. The molecule has 0 aliphatic rings. The van der Waals surface area contributed by atoms with Crippen LogP contribution in [0.1, 0.15) is 32.9 Å². The summed E-state index contributed by atoms with van der Waals surface area (Å²) in [6.07, 6.45) is 6.42. The standard InChI is InChI=1S/C14H23N3OS/c1-4-6-15-13(11(3)18-5-2)9-12-10-17-7-8-19-14(17)16-12/h7-8,10-11,13,15H,4-6,9H2,1-3H3. The SMILES string of the molecule is CCCNC(Cc1cn2ccsc2n1)C(C)OCC. The number of aromatic nitrogens is 2. The maximum Gasteiger partial charge on any atom is 0.193 e. The van der Waals surface area contributed by atoms with Gasteiger partial charge in [-0.05, 0) is 26.8 Å². The van der Waals surface area contributed by atoms with Crippen molar-refractivity contribution in [2.75, 3.05) is 13.2 Å². The Kier molecular flexibility index (Phi) is 5.36. The molecule has 0 radical (unpaired) electrons. The highest BCUT2D eigenvalue weighted by Crippen LogP contribution is 2.14. The van der Waals surface area contributed by atoms with Crippen LogP contribution in [-0.2, 0) is 11.2 Å². The van der Waals surface area contributed by atoms with Crippen LogP contribution in [0.4, 0.5) is 0 Å². The molecule has 0 saturated carbocycles. The van der Waals surface area contributed by atoms with Crippen molar-refractivity contribution in [1.29, 1.82) is 0 Å². The topological polar surface area (TPSA) is 38.6 Å². The maximum absolute atomic E-state index is 5.73. The number of fused-ring (bicyclic) bond motifs is 1. The van der Waals surface area contributed by atoms with E-state index in [1.165, 1.54) is 0 Å². The average molecular weight is 281 g/mol. The van der Waals surface area contributed by atoms with E-state index in [4.69, 9.17) is 4.74 Å². The monoisotopic (exact) mass is 281 g/mol. The number of nitrogens with zero attached hydrogens (tertiary/aromatic N) is 2. The van der Waals surface area contributed by atoms with Gasteiger partial charge in [0.15, 0.2) is 4.96 Å². The Hall–Kier alpha value is -0.910. The molecule has 2 unspecified atom stereocenters. The smallest absolute Gasteiger partial charge is 0.193 e. The quantitative estimate of drug-likeness (QED) is 0.808. The van der Waals surface area contributed by atoms with Crippen molar-refractivity contribution in [3.05, 3.63) is 23.5 Å². The van der Waals surface area contributed by atoms with Crippen molar-refractivity contribution in [3.8, 4) is 0 Å². The zero-order valence-electron chi connectivity index (χ0n) is 11.9. The van der Waals surface area contributed by atoms with Crippen molar-refractivity contribution in [2.24, 2.45) is 0 Å². The van der Waals surface area contributed by atoms with E-state index in [-0.39, 0.29) is 6.10 Å². The molecule has 0 saturated heterocycles. The second kappa shape index (κ2) is 7.03. The lowest BCUT2D eigenvalue weighted by atomic mass is 10.1. The predicted molar refractivity (Wildman–Crippen MR) is 79.9 cm³/mol. The summed E-state index contributed by atoms with van der Waals surface area (Å²) < 4.78 is 7.82. The molecule has 5 heteroatoms. The van der Waals surface area contributed by atoms with Crippen LogP contribution in [0.15, 0.2) is 17.8 Å². The molecule has 4 nitrogen and oxygen atoms in total. The van der Waals surface area contributed by atoms with Crippen LogP contribution in [0.2, 0.25) is 0 Å². The first-order valence-corrected chi connectivity index (χ1v) is 7.88. The van der Waals surface area contributed by atoms with Crippen molar-refractivity contribution in [1.82, 2.24) is 14.7 Å². The lowest BCUT2D eigenvalue weighted by molar-refractivity contribution is 0.0474. The molecule has 2 aromatic heterocycles. The highest BCUT2D eigenvalue weighted by molar-refractivity contribution is 7.15. The second-order valence-electron chi connectivity index (χ2n) is 4.75. The number of hydrogen-bond donors (Lipinski definition) is 1. The number of hydrogen-bond acceptors (Lipinski definition) is 4. The molecule has 0 spiro atoms. The molecular weight excluding hydrogens is 258 g/mol. The highest BCUT2D eigenvalue weighted by atomic mass is 32.1. The molecule has 106 valence electrons. The summed E-state index contributed by atoms with van der Waals surface area (Å²) in [5, 5.41) is 5.63. The maximum atomic E-state index is 5.73. The Morgan fingerprint density at radius 3 is 3.00 bits per heavy atom. The van der Waals surface area contributed by atoms with E-state index >= 15 is 0 Å². The highest BCUT2D eigenvalue weighted by Gasteiger charge is 2.18. The molecule has 0 aliphatic heterocycles. The van der Waals surface area contributed by atoms with Gasteiger partial charge in [0, 0.05) is 36.8 Å². The third-order valence-corrected chi connectivity index (χ3v) is 4.00. The van der Waals surface area contributed by atoms with Gasteiger partial charge in [0.2, 0.25) is 0 Å². The van der Waals surface area contributed by atoms with Crippen LogP contribution >= 0.6 is 11.3 Å². The lowest BCUT2D eigenvalue weighted by Gasteiger charge is -2.24. The van der Waals surface area contributed by atoms with E-state index in [1.54, 1.807) is 11.3 Å². The van der Waals surface area contributed by atoms with Gasteiger partial charge in [0.25, 0.3) is 0 Å². The molecule has 1 N–H and O–H groups in total. The van der Waals surface area contributed by atoms with Gasteiger partial charge in [-0.2, -0.15) is 0 Å². The van der Waals surface area contributed by atoms with E-state index in [9.17, 15) is 0 Å². The van der Waals surface area contributed by atoms with E-state index in [1.807, 2.05) is 6.92 Å². The van der Waals surface area contributed by atoms with E-state index in [0.29, 0.717) is 6.04 Å². The number of ether oxygens (including phenoxy) is 1. The summed E-state index contributed by atoms with van der Waals surface area (Å²) >= 11 is 1.67. The van der Waals surface area contributed by atoms with Crippen molar-refractivity contribution < 1.29 is 4.74 Å². The Balaban J connectivity index is 2.03.